The topological polar surface area (TPSA) is 67.8 Å². The van der Waals surface area contributed by atoms with E-state index in [2.05, 4.69) is 16.8 Å². The van der Waals surface area contributed by atoms with Crippen molar-refractivity contribution in [1.29, 1.82) is 0 Å². The third-order valence-electron chi connectivity index (χ3n) is 4.80. The number of aliphatic hydroxyl groups excluding tert-OH is 1. The summed E-state index contributed by atoms with van der Waals surface area (Å²) in [6, 6.07) is 2.36. The van der Waals surface area contributed by atoms with Crippen molar-refractivity contribution in [3.63, 3.8) is 0 Å². The maximum absolute atomic E-state index is 12.6. The Balaban J connectivity index is 1.64. The van der Waals surface area contributed by atoms with E-state index in [1.807, 2.05) is 11.5 Å². The van der Waals surface area contributed by atoms with Gasteiger partial charge in [-0.05, 0) is 54.1 Å². The van der Waals surface area contributed by atoms with Crippen LogP contribution in [0.4, 0.5) is 0 Å². The van der Waals surface area contributed by atoms with Crippen LogP contribution in [0.1, 0.15) is 56.4 Å². The first kappa shape index (κ1) is 18.4. The monoisotopic (exact) mass is 365 g/mol. The Hall–Kier alpha value is -1.37. The zero-order valence-electron chi connectivity index (χ0n) is 14.5. The minimum Gasteiger partial charge on any atom is -0.459 e. The third kappa shape index (κ3) is 5.30. The predicted molar refractivity (Wildman–Crippen MR) is 97.3 cm³/mol. The number of aliphatic hydroxyl groups is 1. The molecule has 1 aromatic rings. The van der Waals surface area contributed by atoms with E-state index in [0.29, 0.717) is 25.2 Å². The summed E-state index contributed by atoms with van der Waals surface area (Å²) in [5.74, 6) is 0.379. The quantitative estimate of drug-likeness (QED) is 0.694. The molecule has 2 aliphatic rings. The largest absolute Gasteiger partial charge is 0.459 e. The van der Waals surface area contributed by atoms with Crippen LogP contribution in [0.5, 0.6) is 0 Å². The first-order chi connectivity index (χ1) is 12.3. The molecular formula is C19H27NO4S. The molecule has 1 aromatic heterocycles. The van der Waals surface area contributed by atoms with Crippen LogP contribution in [-0.4, -0.2) is 36.6 Å². The fourth-order valence-corrected chi connectivity index (χ4v) is 4.12. The van der Waals surface area contributed by atoms with E-state index < -0.39 is 6.29 Å². The van der Waals surface area contributed by atoms with Gasteiger partial charge in [0.05, 0.1) is 6.61 Å². The first-order valence-corrected chi connectivity index (χ1v) is 10.1. The molecule has 0 aromatic carbocycles. The molecule has 1 aliphatic heterocycles. The number of allylic oxidation sites excluding steroid dienone is 1. The van der Waals surface area contributed by atoms with Crippen molar-refractivity contribution in [2.75, 3.05) is 13.2 Å². The summed E-state index contributed by atoms with van der Waals surface area (Å²) in [6.45, 7) is 0.695. The van der Waals surface area contributed by atoms with Crippen molar-refractivity contribution in [1.82, 2.24) is 5.32 Å². The second-order valence-electron chi connectivity index (χ2n) is 6.73. The summed E-state index contributed by atoms with van der Waals surface area (Å²) in [5.41, 5.74) is 1.20. The zero-order chi connectivity index (χ0) is 17.5. The maximum atomic E-state index is 12.6. The molecule has 25 heavy (non-hydrogen) atoms. The van der Waals surface area contributed by atoms with E-state index >= 15 is 0 Å². The Morgan fingerprint density at radius 2 is 2.20 bits per heavy atom. The fraction of sp³-hybridized carbons (Fsp3) is 0.632. The smallest absolute Gasteiger partial charge is 0.286 e. The number of unbranched alkanes of at least 4 members (excludes halogenated alkanes) is 1. The van der Waals surface area contributed by atoms with Gasteiger partial charge in [-0.25, -0.2) is 0 Å². The summed E-state index contributed by atoms with van der Waals surface area (Å²) in [4.78, 5) is 12.6. The number of carbonyl (C=O) groups excluding carboxylic acids is 1. The van der Waals surface area contributed by atoms with Crippen molar-refractivity contribution in [2.45, 2.75) is 63.2 Å². The van der Waals surface area contributed by atoms with Gasteiger partial charge in [-0.2, -0.15) is 11.3 Å². The van der Waals surface area contributed by atoms with Crippen molar-refractivity contribution in [3.8, 4) is 0 Å². The van der Waals surface area contributed by atoms with E-state index in [9.17, 15) is 4.79 Å². The van der Waals surface area contributed by atoms with Crippen LogP contribution in [0.25, 0.3) is 0 Å². The highest BCUT2D eigenvalue weighted by Gasteiger charge is 2.30. The van der Waals surface area contributed by atoms with Gasteiger partial charge in [0, 0.05) is 25.0 Å². The molecule has 2 heterocycles. The van der Waals surface area contributed by atoms with Crippen molar-refractivity contribution < 1.29 is 19.4 Å². The molecule has 0 saturated heterocycles. The van der Waals surface area contributed by atoms with Crippen LogP contribution in [0, 0.1) is 0 Å². The van der Waals surface area contributed by atoms with E-state index in [4.69, 9.17) is 14.6 Å². The minimum atomic E-state index is -0.419. The van der Waals surface area contributed by atoms with Crippen LogP contribution in [0.3, 0.4) is 0 Å². The molecule has 0 bridgehead atoms. The van der Waals surface area contributed by atoms with Crippen molar-refractivity contribution in [3.05, 3.63) is 34.2 Å². The van der Waals surface area contributed by atoms with Crippen molar-refractivity contribution >= 4 is 17.2 Å². The highest BCUT2D eigenvalue weighted by Crippen LogP contribution is 2.33. The summed E-state index contributed by atoms with van der Waals surface area (Å²) in [5, 5.41) is 16.1. The summed E-state index contributed by atoms with van der Waals surface area (Å²) in [6.07, 6.45) is 8.17. The van der Waals surface area contributed by atoms with Gasteiger partial charge in [0.15, 0.2) is 5.76 Å². The van der Waals surface area contributed by atoms with Gasteiger partial charge in [0.2, 0.25) is 6.29 Å². The Labute approximate surface area is 153 Å². The lowest BCUT2D eigenvalue weighted by Gasteiger charge is -2.29. The molecule has 1 fully saturated rings. The standard InChI is InChI=1S/C19H27NO4S/c21-8-3-4-9-23-18-12-15(14-7-10-25-13-14)11-17(24-18)19(22)20-16-5-1-2-6-16/h7,10-11,13,15-16,18,21H,1-6,8-9,12H2,(H,20,22)/t15-,18+/m1/s1. The number of hydrogen-bond acceptors (Lipinski definition) is 5. The Kier molecular flexibility index (Phi) is 6.90. The Morgan fingerprint density at radius 3 is 2.92 bits per heavy atom. The molecule has 0 unspecified atom stereocenters. The first-order valence-electron chi connectivity index (χ1n) is 9.20. The van der Waals surface area contributed by atoms with E-state index in [0.717, 1.165) is 19.3 Å². The number of carbonyl (C=O) groups is 1. The number of nitrogens with one attached hydrogen (secondary N) is 1. The lowest BCUT2D eigenvalue weighted by atomic mass is 9.95. The molecule has 138 valence electrons. The molecule has 1 amide bonds. The molecule has 3 rings (SSSR count). The van der Waals surface area contributed by atoms with Crippen LogP contribution >= 0.6 is 11.3 Å². The third-order valence-corrected chi connectivity index (χ3v) is 5.50. The van der Waals surface area contributed by atoms with Crippen LogP contribution in [-0.2, 0) is 14.3 Å². The van der Waals surface area contributed by atoms with E-state index in [-0.39, 0.29) is 24.5 Å². The number of hydrogen-bond donors (Lipinski definition) is 2. The number of ether oxygens (including phenoxy) is 2. The molecule has 1 saturated carbocycles. The zero-order valence-corrected chi connectivity index (χ0v) is 15.3. The maximum Gasteiger partial charge on any atom is 0.286 e. The van der Waals surface area contributed by atoms with Gasteiger partial charge >= 0.3 is 0 Å². The minimum absolute atomic E-state index is 0.129. The molecule has 2 N–H and O–H groups in total. The Morgan fingerprint density at radius 1 is 1.36 bits per heavy atom. The normalized spacial score (nSPS) is 24.0. The SMILES string of the molecule is O=C(NC1CCCC1)C1=C[C@@H](c2ccsc2)C[C@@H](OCCCCO)O1. The summed E-state index contributed by atoms with van der Waals surface area (Å²) in [7, 11) is 0. The predicted octanol–water partition coefficient (Wildman–Crippen LogP) is 3.31. The number of thiophene rings is 1. The van der Waals surface area contributed by atoms with Gasteiger partial charge in [0.25, 0.3) is 5.91 Å². The molecule has 1 aliphatic carbocycles. The average Bonchev–Trinajstić information content (AvgIpc) is 3.32. The van der Waals surface area contributed by atoms with E-state index in [1.165, 1.54) is 18.4 Å². The van der Waals surface area contributed by atoms with Gasteiger partial charge in [-0.15, -0.1) is 0 Å². The highest BCUT2D eigenvalue weighted by molar-refractivity contribution is 7.08. The summed E-state index contributed by atoms with van der Waals surface area (Å²) < 4.78 is 11.6. The van der Waals surface area contributed by atoms with Crippen LogP contribution < -0.4 is 5.32 Å². The average molecular weight is 365 g/mol. The highest BCUT2D eigenvalue weighted by atomic mass is 32.1. The van der Waals surface area contributed by atoms with Crippen molar-refractivity contribution in [2.24, 2.45) is 0 Å². The van der Waals surface area contributed by atoms with Gasteiger partial charge < -0.3 is 19.9 Å². The van der Waals surface area contributed by atoms with Crippen LogP contribution in [0.2, 0.25) is 0 Å². The van der Waals surface area contributed by atoms with Gasteiger partial charge in [0.1, 0.15) is 0 Å². The number of rotatable bonds is 8. The fourth-order valence-electron chi connectivity index (χ4n) is 3.39. The second-order valence-corrected chi connectivity index (χ2v) is 7.51. The molecule has 5 nitrogen and oxygen atoms in total. The summed E-state index contributed by atoms with van der Waals surface area (Å²) >= 11 is 1.66. The molecular weight excluding hydrogens is 338 g/mol. The molecule has 6 heteroatoms. The van der Waals surface area contributed by atoms with E-state index in [1.54, 1.807) is 11.3 Å². The van der Waals surface area contributed by atoms with Crippen LogP contribution in [0.15, 0.2) is 28.7 Å². The molecule has 0 radical (unpaired) electrons. The van der Waals surface area contributed by atoms with Gasteiger partial charge in [-0.3, -0.25) is 4.79 Å². The molecule has 2 atom stereocenters. The number of amides is 1. The second kappa shape index (κ2) is 9.36. The Bertz CT molecular complexity index is 566. The lowest BCUT2D eigenvalue weighted by Crippen LogP contribution is -2.37. The van der Waals surface area contributed by atoms with Gasteiger partial charge in [-0.1, -0.05) is 12.8 Å². The molecule has 0 spiro atoms. The lowest BCUT2D eigenvalue weighted by molar-refractivity contribution is -0.146.